The smallest absolute Gasteiger partial charge is 0.320 e. The van der Waals surface area contributed by atoms with E-state index in [2.05, 4.69) is 12.2 Å². The Labute approximate surface area is 124 Å². The van der Waals surface area contributed by atoms with Crippen molar-refractivity contribution in [1.29, 1.82) is 0 Å². The van der Waals surface area contributed by atoms with Gasteiger partial charge >= 0.3 is 11.9 Å². The lowest BCUT2D eigenvalue weighted by atomic mass is 9.80. The summed E-state index contributed by atoms with van der Waals surface area (Å²) in [5.41, 5.74) is 0. The monoisotopic (exact) mass is 294 g/mol. The van der Waals surface area contributed by atoms with Gasteiger partial charge in [0.2, 0.25) is 0 Å². The van der Waals surface area contributed by atoms with Crippen molar-refractivity contribution in [2.75, 3.05) is 21.3 Å². The van der Waals surface area contributed by atoms with Crippen molar-refractivity contribution in [2.45, 2.75) is 18.9 Å². The number of esters is 2. The third-order valence-electron chi connectivity index (χ3n) is 5.73. The molecule has 0 spiro atoms. The number of allylic oxidation sites excluding steroid dienone is 2. The number of ether oxygens (including phenoxy) is 3. The maximum Gasteiger partial charge on any atom is 0.320 e. The number of carbonyl (C=O) groups is 2. The molecule has 3 rings (SSSR count). The predicted molar refractivity (Wildman–Crippen MR) is 74.1 cm³/mol. The van der Waals surface area contributed by atoms with Gasteiger partial charge < -0.3 is 14.2 Å². The van der Waals surface area contributed by atoms with Crippen LogP contribution in [0, 0.1) is 35.5 Å². The van der Waals surface area contributed by atoms with Gasteiger partial charge in [0.15, 0.2) is 5.92 Å². The summed E-state index contributed by atoms with van der Waals surface area (Å²) in [5.74, 6) is -0.358. The van der Waals surface area contributed by atoms with Gasteiger partial charge in [-0.3, -0.25) is 9.59 Å². The van der Waals surface area contributed by atoms with Crippen LogP contribution in [0.5, 0.6) is 0 Å². The fourth-order valence-electron chi connectivity index (χ4n) is 5.03. The second-order valence-corrected chi connectivity index (χ2v) is 6.26. The van der Waals surface area contributed by atoms with E-state index < -0.39 is 17.9 Å². The minimum absolute atomic E-state index is 0.0326. The molecule has 2 bridgehead atoms. The Kier molecular flexibility index (Phi) is 3.78. The van der Waals surface area contributed by atoms with Crippen LogP contribution in [0.2, 0.25) is 0 Å². The number of carbonyl (C=O) groups excluding carboxylic acids is 2. The fraction of sp³-hybridized carbons (Fsp3) is 0.750. The van der Waals surface area contributed by atoms with E-state index in [9.17, 15) is 9.59 Å². The zero-order valence-corrected chi connectivity index (χ0v) is 12.7. The molecule has 0 N–H and O–H groups in total. The van der Waals surface area contributed by atoms with E-state index >= 15 is 0 Å². The Morgan fingerprint density at radius 2 is 1.76 bits per heavy atom. The highest BCUT2D eigenvalue weighted by molar-refractivity contribution is 5.95. The summed E-state index contributed by atoms with van der Waals surface area (Å²) in [6, 6.07) is 0. The molecule has 0 aromatic carbocycles. The largest absolute Gasteiger partial charge is 0.468 e. The van der Waals surface area contributed by atoms with E-state index in [1.807, 2.05) is 0 Å². The lowest BCUT2D eigenvalue weighted by Gasteiger charge is -2.30. The average Bonchev–Trinajstić information content (AvgIpc) is 3.17. The lowest BCUT2D eigenvalue weighted by Crippen LogP contribution is -2.37. The van der Waals surface area contributed by atoms with Gasteiger partial charge in [0.1, 0.15) is 0 Å². The first kappa shape index (κ1) is 14.6. The van der Waals surface area contributed by atoms with Crippen LogP contribution >= 0.6 is 0 Å². The van der Waals surface area contributed by atoms with Gasteiger partial charge in [0.05, 0.1) is 20.3 Å². The highest BCUT2D eigenvalue weighted by Crippen LogP contribution is 2.62. The molecular weight excluding hydrogens is 272 g/mol. The van der Waals surface area contributed by atoms with Crippen LogP contribution < -0.4 is 0 Å². The molecule has 3 aliphatic rings. The summed E-state index contributed by atoms with van der Waals surface area (Å²) in [6.07, 6.45) is 6.52. The van der Waals surface area contributed by atoms with Crippen LogP contribution in [0.3, 0.4) is 0 Å². The minimum Gasteiger partial charge on any atom is -0.468 e. The summed E-state index contributed by atoms with van der Waals surface area (Å²) in [7, 11) is 4.36. The Balaban J connectivity index is 1.94. The van der Waals surface area contributed by atoms with Crippen molar-refractivity contribution in [3.63, 3.8) is 0 Å². The topological polar surface area (TPSA) is 61.8 Å². The fourth-order valence-corrected chi connectivity index (χ4v) is 5.03. The van der Waals surface area contributed by atoms with Crippen LogP contribution in [0.1, 0.15) is 12.8 Å². The number of methoxy groups -OCH3 is 3. The molecule has 0 radical (unpaired) electrons. The highest BCUT2D eigenvalue weighted by Gasteiger charge is 2.63. The third kappa shape index (κ3) is 2.01. The van der Waals surface area contributed by atoms with E-state index in [1.165, 1.54) is 14.2 Å². The van der Waals surface area contributed by atoms with Crippen LogP contribution in [0.15, 0.2) is 12.2 Å². The zero-order valence-electron chi connectivity index (χ0n) is 12.7. The molecule has 2 saturated carbocycles. The molecule has 0 aromatic heterocycles. The quantitative estimate of drug-likeness (QED) is 0.446. The molecule has 21 heavy (non-hydrogen) atoms. The molecule has 0 aromatic rings. The van der Waals surface area contributed by atoms with Crippen LogP contribution in [-0.4, -0.2) is 39.4 Å². The van der Waals surface area contributed by atoms with Gasteiger partial charge in [0, 0.05) is 7.11 Å². The Bertz CT molecular complexity index is 455. The second-order valence-electron chi connectivity index (χ2n) is 6.26. The maximum absolute atomic E-state index is 12.2. The summed E-state index contributed by atoms with van der Waals surface area (Å²) >= 11 is 0. The van der Waals surface area contributed by atoms with Crippen molar-refractivity contribution in [2.24, 2.45) is 35.5 Å². The standard InChI is InChI=1S/C16H22O5/c1-19-11-7-10-8-5-4-6-9(8)12(11)13(10)14(15(17)20-2)16(18)21-3/h4,6,8-14H,5,7H2,1-3H3/t8-,9+,10+,11-,12+,13+/m1/s1. The van der Waals surface area contributed by atoms with Crippen LogP contribution in [0.4, 0.5) is 0 Å². The number of fused-ring (bicyclic) bond motifs is 5. The van der Waals surface area contributed by atoms with Gasteiger partial charge in [-0.2, -0.15) is 0 Å². The first-order valence-electron chi connectivity index (χ1n) is 7.49. The van der Waals surface area contributed by atoms with Crippen molar-refractivity contribution >= 4 is 11.9 Å². The highest BCUT2D eigenvalue weighted by atomic mass is 16.5. The molecule has 116 valence electrons. The SMILES string of the molecule is COC(=O)C(C(=O)OC)[C@H]1[C@H]2C[C@@H](OC)[C@@H]1[C@H]1C=CC[C@H]12. The van der Waals surface area contributed by atoms with Gasteiger partial charge in [-0.25, -0.2) is 0 Å². The van der Waals surface area contributed by atoms with E-state index in [0.29, 0.717) is 17.8 Å². The van der Waals surface area contributed by atoms with Crippen molar-refractivity contribution in [3.8, 4) is 0 Å². The van der Waals surface area contributed by atoms with E-state index in [4.69, 9.17) is 14.2 Å². The average molecular weight is 294 g/mol. The number of hydrogen-bond donors (Lipinski definition) is 0. The molecule has 2 fully saturated rings. The van der Waals surface area contributed by atoms with E-state index in [-0.39, 0.29) is 17.9 Å². The van der Waals surface area contributed by atoms with Gasteiger partial charge in [0.25, 0.3) is 0 Å². The molecule has 3 aliphatic carbocycles. The molecule has 0 amide bonds. The molecular formula is C16H22O5. The number of hydrogen-bond acceptors (Lipinski definition) is 5. The van der Waals surface area contributed by atoms with Gasteiger partial charge in [-0.05, 0) is 42.4 Å². The summed E-state index contributed by atoms with van der Waals surface area (Å²) < 4.78 is 15.4. The Hall–Kier alpha value is -1.36. The molecule has 0 heterocycles. The zero-order chi connectivity index (χ0) is 15.1. The first-order valence-corrected chi connectivity index (χ1v) is 7.49. The number of rotatable bonds is 4. The minimum atomic E-state index is -0.825. The van der Waals surface area contributed by atoms with E-state index in [1.54, 1.807) is 7.11 Å². The van der Waals surface area contributed by atoms with Crippen molar-refractivity contribution in [1.82, 2.24) is 0 Å². The summed E-state index contributed by atoms with van der Waals surface area (Å²) in [6.45, 7) is 0. The molecule has 0 unspecified atom stereocenters. The first-order chi connectivity index (χ1) is 10.1. The predicted octanol–water partition coefficient (Wildman–Crippen LogP) is 1.42. The molecule has 5 nitrogen and oxygen atoms in total. The molecule has 5 heteroatoms. The molecule has 6 atom stereocenters. The molecule has 0 aliphatic heterocycles. The van der Waals surface area contributed by atoms with Crippen LogP contribution in [0.25, 0.3) is 0 Å². The molecule has 0 saturated heterocycles. The Morgan fingerprint density at radius 3 is 2.33 bits per heavy atom. The van der Waals surface area contributed by atoms with Crippen molar-refractivity contribution in [3.05, 3.63) is 12.2 Å². The summed E-state index contributed by atoms with van der Waals surface area (Å²) in [5, 5.41) is 0. The van der Waals surface area contributed by atoms with Gasteiger partial charge in [-0.15, -0.1) is 0 Å². The summed E-state index contributed by atoms with van der Waals surface area (Å²) in [4.78, 5) is 24.3. The normalized spacial score (nSPS) is 39.6. The van der Waals surface area contributed by atoms with Crippen molar-refractivity contribution < 1.29 is 23.8 Å². The second kappa shape index (κ2) is 5.44. The maximum atomic E-state index is 12.2. The lowest BCUT2D eigenvalue weighted by molar-refractivity contribution is -0.163. The van der Waals surface area contributed by atoms with Gasteiger partial charge in [-0.1, -0.05) is 12.2 Å². The van der Waals surface area contributed by atoms with E-state index in [0.717, 1.165) is 12.8 Å². The van der Waals surface area contributed by atoms with Crippen LogP contribution in [-0.2, 0) is 23.8 Å². The Morgan fingerprint density at radius 1 is 1.10 bits per heavy atom. The third-order valence-corrected chi connectivity index (χ3v) is 5.73.